The topological polar surface area (TPSA) is 95.7 Å². The van der Waals surface area contributed by atoms with E-state index in [0.29, 0.717) is 12.2 Å². The van der Waals surface area contributed by atoms with Crippen LogP contribution in [0.2, 0.25) is 0 Å². The summed E-state index contributed by atoms with van der Waals surface area (Å²) in [6, 6.07) is 4.58. The van der Waals surface area contributed by atoms with Crippen molar-refractivity contribution in [1.82, 2.24) is 5.32 Å². The fraction of sp³-hybridized carbons (Fsp3) is 0.533. The maximum absolute atomic E-state index is 12.0. The molecule has 7 nitrogen and oxygen atoms in total. The monoisotopic (exact) mass is 307 g/mol. The first kappa shape index (κ1) is 16.2. The zero-order valence-corrected chi connectivity index (χ0v) is 12.6. The second kappa shape index (κ2) is 7.22. The molecule has 2 rings (SSSR count). The number of anilines is 1. The summed E-state index contributed by atoms with van der Waals surface area (Å²) in [7, 11) is 0. The molecule has 7 heteroatoms. The number of nitrogens with one attached hydrogen (secondary N) is 1. The standard InChI is InChI=1S/C15H21N3O4/c1-11(10-19)9-16-15(20)12-4-5-13(14(8-12)18(21)22)17-6-2-3-7-17/h4-5,8,11,19H,2-3,6-7,9-10H2,1H3,(H,16,20). The SMILES string of the molecule is CC(CO)CNC(=O)c1ccc(N2CCCC2)c([N+](=O)[O-])c1. The lowest BCUT2D eigenvalue weighted by Crippen LogP contribution is -2.29. The molecule has 1 aromatic carbocycles. The van der Waals surface area contributed by atoms with Crippen molar-refractivity contribution in [1.29, 1.82) is 0 Å². The van der Waals surface area contributed by atoms with Gasteiger partial charge in [-0.05, 0) is 30.9 Å². The van der Waals surface area contributed by atoms with E-state index in [4.69, 9.17) is 5.11 Å². The third-order valence-electron chi connectivity index (χ3n) is 3.80. The smallest absolute Gasteiger partial charge is 0.293 e. The van der Waals surface area contributed by atoms with Gasteiger partial charge in [0.2, 0.25) is 0 Å². The van der Waals surface area contributed by atoms with E-state index in [1.165, 1.54) is 6.07 Å². The summed E-state index contributed by atoms with van der Waals surface area (Å²) in [6.07, 6.45) is 2.05. The van der Waals surface area contributed by atoms with Crippen molar-refractivity contribution in [3.05, 3.63) is 33.9 Å². The molecule has 1 amide bonds. The van der Waals surface area contributed by atoms with E-state index in [0.717, 1.165) is 25.9 Å². The van der Waals surface area contributed by atoms with E-state index in [1.54, 1.807) is 19.1 Å². The Morgan fingerprint density at radius 1 is 1.45 bits per heavy atom. The van der Waals surface area contributed by atoms with Gasteiger partial charge in [-0.15, -0.1) is 0 Å². The highest BCUT2D eigenvalue weighted by Gasteiger charge is 2.23. The minimum absolute atomic E-state index is 0.0195. The molecule has 1 unspecified atom stereocenters. The van der Waals surface area contributed by atoms with Crippen LogP contribution in [0.4, 0.5) is 11.4 Å². The van der Waals surface area contributed by atoms with Crippen molar-refractivity contribution in [3.8, 4) is 0 Å². The molecule has 1 aromatic rings. The molecule has 0 bridgehead atoms. The van der Waals surface area contributed by atoms with Crippen LogP contribution in [0.25, 0.3) is 0 Å². The van der Waals surface area contributed by atoms with E-state index in [9.17, 15) is 14.9 Å². The molecular weight excluding hydrogens is 286 g/mol. The zero-order valence-electron chi connectivity index (χ0n) is 12.6. The number of nitro benzene ring substituents is 1. The molecule has 1 atom stereocenters. The van der Waals surface area contributed by atoms with Crippen LogP contribution in [0.15, 0.2) is 18.2 Å². The molecule has 1 aliphatic heterocycles. The average molecular weight is 307 g/mol. The Balaban J connectivity index is 2.18. The highest BCUT2D eigenvalue weighted by Crippen LogP contribution is 2.31. The number of amides is 1. The van der Waals surface area contributed by atoms with Gasteiger partial charge in [-0.3, -0.25) is 14.9 Å². The summed E-state index contributed by atoms with van der Waals surface area (Å²) in [4.78, 5) is 24.9. The number of hydrogen-bond acceptors (Lipinski definition) is 5. The van der Waals surface area contributed by atoms with Crippen molar-refractivity contribution in [2.75, 3.05) is 31.1 Å². The highest BCUT2D eigenvalue weighted by molar-refractivity contribution is 5.95. The number of carbonyl (C=O) groups excluding carboxylic acids is 1. The van der Waals surface area contributed by atoms with Gasteiger partial charge in [0.05, 0.1) is 4.92 Å². The summed E-state index contributed by atoms with van der Waals surface area (Å²) in [5.74, 6) is -0.417. The summed E-state index contributed by atoms with van der Waals surface area (Å²) >= 11 is 0. The van der Waals surface area contributed by atoms with Gasteiger partial charge in [-0.1, -0.05) is 6.92 Å². The van der Waals surface area contributed by atoms with Gasteiger partial charge in [0, 0.05) is 37.9 Å². The van der Waals surface area contributed by atoms with Crippen molar-refractivity contribution in [2.24, 2.45) is 5.92 Å². The quantitative estimate of drug-likeness (QED) is 0.614. The largest absolute Gasteiger partial charge is 0.396 e. The van der Waals surface area contributed by atoms with Crippen LogP contribution in [0.5, 0.6) is 0 Å². The predicted molar refractivity (Wildman–Crippen MR) is 83.1 cm³/mol. The number of nitrogens with zero attached hydrogens (tertiary/aromatic N) is 2. The molecule has 1 heterocycles. The van der Waals surface area contributed by atoms with Gasteiger partial charge < -0.3 is 15.3 Å². The van der Waals surface area contributed by atoms with Crippen molar-refractivity contribution >= 4 is 17.3 Å². The minimum Gasteiger partial charge on any atom is -0.396 e. The number of aliphatic hydroxyl groups is 1. The third kappa shape index (κ3) is 3.73. The summed E-state index contributed by atoms with van der Waals surface area (Å²) in [5, 5.41) is 22.9. The Bertz CT molecular complexity index is 556. The Morgan fingerprint density at radius 2 is 2.14 bits per heavy atom. The van der Waals surface area contributed by atoms with E-state index in [2.05, 4.69) is 5.32 Å². The molecule has 0 aromatic heterocycles. The molecule has 0 radical (unpaired) electrons. The fourth-order valence-electron chi connectivity index (χ4n) is 2.47. The van der Waals surface area contributed by atoms with E-state index < -0.39 is 4.92 Å². The molecule has 0 aliphatic carbocycles. The van der Waals surface area contributed by atoms with Crippen LogP contribution in [0.1, 0.15) is 30.1 Å². The second-order valence-electron chi connectivity index (χ2n) is 5.65. The highest BCUT2D eigenvalue weighted by atomic mass is 16.6. The maximum Gasteiger partial charge on any atom is 0.293 e. The van der Waals surface area contributed by atoms with Crippen LogP contribution in [0, 0.1) is 16.0 Å². The zero-order chi connectivity index (χ0) is 16.1. The Morgan fingerprint density at radius 3 is 2.73 bits per heavy atom. The van der Waals surface area contributed by atoms with Crippen LogP contribution in [0.3, 0.4) is 0 Å². The van der Waals surface area contributed by atoms with Gasteiger partial charge in [-0.25, -0.2) is 0 Å². The molecule has 120 valence electrons. The van der Waals surface area contributed by atoms with Crippen molar-refractivity contribution in [2.45, 2.75) is 19.8 Å². The molecule has 1 fully saturated rings. The maximum atomic E-state index is 12.0. The normalized spacial score (nSPS) is 15.6. The van der Waals surface area contributed by atoms with Gasteiger partial charge in [0.25, 0.3) is 11.6 Å². The molecule has 2 N–H and O–H groups in total. The summed E-state index contributed by atoms with van der Waals surface area (Å²) < 4.78 is 0. The van der Waals surface area contributed by atoms with Gasteiger partial charge in [0.1, 0.15) is 5.69 Å². The third-order valence-corrected chi connectivity index (χ3v) is 3.80. The number of carbonyl (C=O) groups is 1. The molecular formula is C15H21N3O4. The second-order valence-corrected chi connectivity index (χ2v) is 5.65. The van der Waals surface area contributed by atoms with E-state index in [-0.39, 0.29) is 29.7 Å². The Kier molecular flexibility index (Phi) is 5.32. The Labute approximate surface area is 129 Å². The molecule has 0 spiro atoms. The first-order valence-corrected chi connectivity index (χ1v) is 7.45. The van der Waals surface area contributed by atoms with Gasteiger partial charge in [0.15, 0.2) is 0 Å². The minimum atomic E-state index is -0.444. The lowest BCUT2D eigenvalue weighted by atomic mass is 10.1. The molecule has 1 saturated heterocycles. The number of nitro groups is 1. The number of hydrogen-bond donors (Lipinski definition) is 2. The van der Waals surface area contributed by atoms with E-state index >= 15 is 0 Å². The lowest BCUT2D eigenvalue weighted by Gasteiger charge is -2.18. The summed E-state index contributed by atoms with van der Waals surface area (Å²) in [5.41, 5.74) is 0.798. The predicted octanol–water partition coefficient (Wildman–Crippen LogP) is 1.55. The Hall–Kier alpha value is -2.15. The van der Waals surface area contributed by atoms with Crippen molar-refractivity contribution in [3.63, 3.8) is 0 Å². The van der Waals surface area contributed by atoms with Crippen LogP contribution >= 0.6 is 0 Å². The average Bonchev–Trinajstić information content (AvgIpc) is 3.05. The van der Waals surface area contributed by atoms with Crippen LogP contribution in [-0.2, 0) is 0 Å². The van der Waals surface area contributed by atoms with Crippen LogP contribution in [-0.4, -0.2) is 42.2 Å². The number of benzene rings is 1. The molecule has 22 heavy (non-hydrogen) atoms. The van der Waals surface area contributed by atoms with Gasteiger partial charge in [-0.2, -0.15) is 0 Å². The number of rotatable bonds is 6. The van der Waals surface area contributed by atoms with Crippen molar-refractivity contribution < 1.29 is 14.8 Å². The lowest BCUT2D eigenvalue weighted by molar-refractivity contribution is -0.384. The molecule has 0 saturated carbocycles. The first-order chi connectivity index (χ1) is 10.5. The van der Waals surface area contributed by atoms with Gasteiger partial charge >= 0.3 is 0 Å². The first-order valence-electron chi connectivity index (χ1n) is 7.45. The fourth-order valence-corrected chi connectivity index (χ4v) is 2.47. The number of aliphatic hydroxyl groups excluding tert-OH is 1. The molecule has 1 aliphatic rings. The summed E-state index contributed by atoms with van der Waals surface area (Å²) in [6.45, 7) is 3.73. The van der Waals surface area contributed by atoms with E-state index in [1.807, 2.05) is 4.90 Å². The van der Waals surface area contributed by atoms with Crippen LogP contribution < -0.4 is 10.2 Å².